The van der Waals surface area contributed by atoms with Crippen LogP contribution in [0.15, 0.2) is 18.2 Å². The number of hydrogen-bond donors (Lipinski definition) is 1. The maximum Gasteiger partial charge on any atom is 0.229 e. The first-order valence-corrected chi connectivity index (χ1v) is 5.79. The standard InChI is InChI=1S/C13H13FN2O2/c14-11-6-9(7-15)3-4-12(11)16-13(17)10-2-1-5-18-8-10/h3-4,6,10H,1-2,5,8H2,(H,16,17). The predicted molar refractivity (Wildman–Crippen MR) is 63.3 cm³/mol. The minimum absolute atomic E-state index is 0.101. The number of benzene rings is 1. The van der Waals surface area contributed by atoms with Crippen LogP contribution in [0.3, 0.4) is 0 Å². The molecule has 2 rings (SSSR count). The minimum atomic E-state index is -0.598. The summed E-state index contributed by atoms with van der Waals surface area (Å²) in [6.45, 7) is 1.05. The number of hydrogen-bond acceptors (Lipinski definition) is 3. The Morgan fingerprint density at radius 2 is 2.39 bits per heavy atom. The molecule has 0 aliphatic carbocycles. The molecule has 1 aromatic rings. The third-order valence-corrected chi connectivity index (χ3v) is 2.89. The van der Waals surface area contributed by atoms with Crippen LogP contribution in [0.5, 0.6) is 0 Å². The Hall–Kier alpha value is -1.93. The molecule has 4 nitrogen and oxygen atoms in total. The number of rotatable bonds is 2. The smallest absolute Gasteiger partial charge is 0.229 e. The number of amides is 1. The van der Waals surface area contributed by atoms with Crippen molar-refractivity contribution in [2.45, 2.75) is 12.8 Å². The molecule has 1 aliphatic rings. The Morgan fingerprint density at radius 3 is 3.00 bits per heavy atom. The molecule has 94 valence electrons. The van der Waals surface area contributed by atoms with Crippen LogP contribution >= 0.6 is 0 Å². The van der Waals surface area contributed by atoms with Gasteiger partial charge in [-0.2, -0.15) is 5.26 Å². The number of carbonyl (C=O) groups excluding carboxylic acids is 1. The summed E-state index contributed by atoms with van der Waals surface area (Å²) < 4.78 is 18.8. The van der Waals surface area contributed by atoms with Crippen LogP contribution in [0.25, 0.3) is 0 Å². The van der Waals surface area contributed by atoms with E-state index in [4.69, 9.17) is 10.00 Å². The predicted octanol–water partition coefficient (Wildman–Crippen LogP) is 2.06. The Bertz CT molecular complexity index is 490. The van der Waals surface area contributed by atoms with Crippen LogP contribution in [-0.4, -0.2) is 19.1 Å². The zero-order valence-electron chi connectivity index (χ0n) is 9.78. The van der Waals surface area contributed by atoms with E-state index in [0.29, 0.717) is 13.2 Å². The van der Waals surface area contributed by atoms with Crippen molar-refractivity contribution in [2.75, 3.05) is 18.5 Å². The number of carbonyl (C=O) groups is 1. The Labute approximate surface area is 104 Å². The molecule has 0 spiro atoms. The van der Waals surface area contributed by atoms with Gasteiger partial charge in [-0.3, -0.25) is 4.79 Å². The number of halogens is 1. The Balaban J connectivity index is 2.04. The molecule has 1 aliphatic heterocycles. The zero-order chi connectivity index (χ0) is 13.0. The van der Waals surface area contributed by atoms with Crippen molar-refractivity contribution in [3.63, 3.8) is 0 Å². The molecular formula is C13H13FN2O2. The van der Waals surface area contributed by atoms with Crippen molar-refractivity contribution in [1.29, 1.82) is 5.26 Å². The highest BCUT2D eigenvalue weighted by atomic mass is 19.1. The summed E-state index contributed by atoms with van der Waals surface area (Å²) in [5.41, 5.74) is 0.330. The van der Waals surface area contributed by atoms with Gasteiger partial charge in [0, 0.05) is 6.61 Å². The quantitative estimate of drug-likeness (QED) is 0.871. The van der Waals surface area contributed by atoms with E-state index in [2.05, 4.69) is 5.32 Å². The van der Waals surface area contributed by atoms with Crippen LogP contribution in [0.4, 0.5) is 10.1 Å². The van der Waals surface area contributed by atoms with Gasteiger partial charge in [0.05, 0.1) is 29.8 Å². The van der Waals surface area contributed by atoms with Crippen LogP contribution in [0.1, 0.15) is 18.4 Å². The molecular weight excluding hydrogens is 235 g/mol. The lowest BCUT2D eigenvalue weighted by molar-refractivity contribution is -0.123. The summed E-state index contributed by atoms with van der Waals surface area (Å²) in [5.74, 6) is -1.06. The van der Waals surface area contributed by atoms with Gasteiger partial charge in [-0.1, -0.05) is 0 Å². The first-order chi connectivity index (χ1) is 8.70. The molecule has 1 saturated heterocycles. The number of nitrogens with one attached hydrogen (secondary N) is 1. The second-order valence-corrected chi connectivity index (χ2v) is 4.21. The van der Waals surface area contributed by atoms with E-state index < -0.39 is 5.82 Å². The topological polar surface area (TPSA) is 62.1 Å². The number of nitrogens with zero attached hydrogens (tertiary/aromatic N) is 1. The number of anilines is 1. The lowest BCUT2D eigenvalue weighted by atomic mass is 10.0. The molecule has 1 amide bonds. The van der Waals surface area contributed by atoms with E-state index in [-0.39, 0.29) is 23.1 Å². The summed E-state index contributed by atoms with van der Waals surface area (Å²) in [5, 5.41) is 11.1. The van der Waals surface area contributed by atoms with Crippen LogP contribution in [0, 0.1) is 23.1 Å². The number of nitriles is 1. The van der Waals surface area contributed by atoms with E-state index in [1.807, 2.05) is 6.07 Å². The highest BCUT2D eigenvalue weighted by Crippen LogP contribution is 2.19. The average Bonchev–Trinajstić information content (AvgIpc) is 2.42. The molecule has 0 radical (unpaired) electrons. The van der Waals surface area contributed by atoms with E-state index in [9.17, 15) is 9.18 Å². The second kappa shape index (κ2) is 5.61. The molecule has 0 aromatic heterocycles. The fourth-order valence-electron chi connectivity index (χ4n) is 1.87. The molecule has 1 atom stereocenters. The number of ether oxygens (including phenoxy) is 1. The molecule has 0 saturated carbocycles. The molecule has 0 bridgehead atoms. The zero-order valence-corrected chi connectivity index (χ0v) is 9.78. The van der Waals surface area contributed by atoms with Crippen molar-refractivity contribution in [2.24, 2.45) is 5.92 Å². The lowest BCUT2D eigenvalue weighted by Gasteiger charge is -2.21. The summed E-state index contributed by atoms with van der Waals surface area (Å²) in [4.78, 5) is 11.9. The first kappa shape index (κ1) is 12.5. The van der Waals surface area contributed by atoms with Crippen molar-refractivity contribution in [3.8, 4) is 6.07 Å². The maximum atomic E-state index is 13.6. The largest absolute Gasteiger partial charge is 0.381 e. The molecule has 1 aromatic carbocycles. The van der Waals surface area contributed by atoms with Gasteiger partial charge >= 0.3 is 0 Å². The normalized spacial score (nSPS) is 19.0. The summed E-state index contributed by atoms with van der Waals surface area (Å²) in [7, 11) is 0. The minimum Gasteiger partial charge on any atom is -0.381 e. The van der Waals surface area contributed by atoms with Crippen molar-refractivity contribution < 1.29 is 13.9 Å². The van der Waals surface area contributed by atoms with Gasteiger partial charge < -0.3 is 10.1 Å². The van der Waals surface area contributed by atoms with Gasteiger partial charge in [0.15, 0.2) is 0 Å². The van der Waals surface area contributed by atoms with Crippen molar-refractivity contribution >= 4 is 11.6 Å². The highest BCUT2D eigenvalue weighted by Gasteiger charge is 2.22. The van der Waals surface area contributed by atoms with E-state index in [1.165, 1.54) is 12.1 Å². The van der Waals surface area contributed by atoms with E-state index in [1.54, 1.807) is 0 Å². The van der Waals surface area contributed by atoms with Crippen molar-refractivity contribution in [3.05, 3.63) is 29.6 Å². The second-order valence-electron chi connectivity index (χ2n) is 4.21. The summed E-state index contributed by atoms with van der Waals surface area (Å²) >= 11 is 0. The fourth-order valence-corrected chi connectivity index (χ4v) is 1.87. The SMILES string of the molecule is N#Cc1ccc(NC(=O)C2CCCOC2)c(F)c1. The van der Waals surface area contributed by atoms with E-state index in [0.717, 1.165) is 18.9 Å². The van der Waals surface area contributed by atoms with Crippen LogP contribution in [0.2, 0.25) is 0 Å². The van der Waals surface area contributed by atoms with Gasteiger partial charge in [-0.15, -0.1) is 0 Å². The summed E-state index contributed by atoms with van der Waals surface area (Å²) in [6.07, 6.45) is 1.59. The van der Waals surface area contributed by atoms with Crippen LogP contribution in [-0.2, 0) is 9.53 Å². The van der Waals surface area contributed by atoms with Gasteiger partial charge in [0.25, 0.3) is 0 Å². The lowest BCUT2D eigenvalue weighted by Crippen LogP contribution is -2.30. The Kier molecular flexibility index (Phi) is 3.90. The molecule has 1 heterocycles. The fraction of sp³-hybridized carbons (Fsp3) is 0.385. The summed E-state index contributed by atoms with van der Waals surface area (Å²) in [6, 6.07) is 5.81. The van der Waals surface area contributed by atoms with Gasteiger partial charge in [-0.25, -0.2) is 4.39 Å². The van der Waals surface area contributed by atoms with Gasteiger partial charge in [0.1, 0.15) is 5.82 Å². The van der Waals surface area contributed by atoms with Gasteiger partial charge in [-0.05, 0) is 31.0 Å². The molecule has 1 N–H and O–H groups in total. The first-order valence-electron chi connectivity index (χ1n) is 5.79. The van der Waals surface area contributed by atoms with Crippen molar-refractivity contribution in [1.82, 2.24) is 0 Å². The Morgan fingerprint density at radius 1 is 1.56 bits per heavy atom. The average molecular weight is 248 g/mol. The molecule has 5 heteroatoms. The highest BCUT2D eigenvalue weighted by molar-refractivity contribution is 5.92. The molecule has 18 heavy (non-hydrogen) atoms. The van der Waals surface area contributed by atoms with Crippen LogP contribution < -0.4 is 5.32 Å². The van der Waals surface area contributed by atoms with Gasteiger partial charge in [0.2, 0.25) is 5.91 Å². The molecule has 1 fully saturated rings. The third-order valence-electron chi connectivity index (χ3n) is 2.89. The maximum absolute atomic E-state index is 13.6. The van der Waals surface area contributed by atoms with E-state index >= 15 is 0 Å². The monoisotopic (exact) mass is 248 g/mol. The third kappa shape index (κ3) is 2.84. The molecule has 1 unspecified atom stereocenters.